The summed E-state index contributed by atoms with van der Waals surface area (Å²) in [6.07, 6.45) is 2.89. The molecule has 2 aromatic heterocycles. The zero-order valence-corrected chi connectivity index (χ0v) is 25.0. The molecule has 1 fully saturated rings. The number of nitrogens with zero attached hydrogens (tertiary/aromatic N) is 3. The van der Waals surface area contributed by atoms with E-state index < -0.39 is 16.0 Å². The van der Waals surface area contributed by atoms with Crippen molar-refractivity contribution in [2.45, 2.75) is 32.9 Å². The molecule has 0 aliphatic carbocycles. The number of carbonyl (C=O) groups excluding carboxylic acids is 1. The highest BCUT2D eigenvalue weighted by molar-refractivity contribution is 7.92. The van der Waals surface area contributed by atoms with E-state index in [2.05, 4.69) is 30.6 Å². The predicted octanol–water partition coefficient (Wildman–Crippen LogP) is 5.13. The van der Waals surface area contributed by atoms with Crippen molar-refractivity contribution >= 4 is 44.7 Å². The average molecular weight is 590 g/mol. The number of aryl methyl sites for hydroxylation is 2. The lowest BCUT2D eigenvalue weighted by molar-refractivity contribution is 0.0600. The molecule has 11 heteroatoms. The van der Waals surface area contributed by atoms with Gasteiger partial charge in [-0.1, -0.05) is 12.1 Å². The minimum absolute atomic E-state index is 0.256. The van der Waals surface area contributed by atoms with Gasteiger partial charge in [-0.2, -0.15) is 0 Å². The van der Waals surface area contributed by atoms with E-state index >= 15 is 0 Å². The first-order chi connectivity index (χ1) is 19.5. The number of thiocarbonyl (C=S) groups is 1. The topological polar surface area (TPSA) is 106 Å². The quantitative estimate of drug-likeness (QED) is 0.226. The molecule has 1 aliphatic rings. The Kier molecular flexibility index (Phi) is 7.58. The van der Waals surface area contributed by atoms with Crippen LogP contribution in [0.25, 0.3) is 5.69 Å². The highest BCUT2D eigenvalue weighted by Crippen LogP contribution is 2.44. The summed E-state index contributed by atoms with van der Waals surface area (Å²) in [5, 5.41) is 4.01. The number of hydrogen-bond donors (Lipinski definition) is 2. The van der Waals surface area contributed by atoms with Gasteiger partial charge in [-0.25, -0.2) is 13.2 Å². The smallest absolute Gasteiger partial charge is 0.337 e. The van der Waals surface area contributed by atoms with Gasteiger partial charge in [-0.3, -0.25) is 9.71 Å². The highest BCUT2D eigenvalue weighted by atomic mass is 32.2. The number of sulfonamides is 1. The molecule has 1 saturated heterocycles. The van der Waals surface area contributed by atoms with Crippen LogP contribution >= 0.6 is 12.2 Å². The lowest BCUT2D eigenvalue weighted by Gasteiger charge is -2.29. The van der Waals surface area contributed by atoms with Gasteiger partial charge in [0.2, 0.25) is 10.0 Å². The van der Waals surface area contributed by atoms with Gasteiger partial charge in [-0.15, -0.1) is 0 Å². The highest BCUT2D eigenvalue weighted by Gasteiger charge is 2.42. The van der Waals surface area contributed by atoms with Gasteiger partial charge < -0.3 is 19.5 Å². The summed E-state index contributed by atoms with van der Waals surface area (Å²) in [5.41, 5.74) is 7.25. The number of hydrogen-bond acceptors (Lipinski definition) is 6. The van der Waals surface area contributed by atoms with Crippen LogP contribution in [0.1, 0.15) is 50.7 Å². The second kappa shape index (κ2) is 11.0. The van der Waals surface area contributed by atoms with Crippen molar-refractivity contribution in [2.24, 2.45) is 0 Å². The van der Waals surface area contributed by atoms with Crippen molar-refractivity contribution < 1.29 is 17.9 Å². The number of methoxy groups -OCH3 is 1. The number of rotatable bonds is 7. The van der Waals surface area contributed by atoms with Gasteiger partial charge >= 0.3 is 5.97 Å². The molecule has 0 saturated carbocycles. The average Bonchev–Trinajstić information content (AvgIpc) is 3.43. The monoisotopic (exact) mass is 589 g/mol. The van der Waals surface area contributed by atoms with Gasteiger partial charge in [0.15, 0.2) is 5.11 Å². The summed E-state index contributed by atoms with van der Waals surface area (Å²) in [7, 11) is -2.06. The number of anilines is 2. The molecule has 0 unspecified atom stereocenters. The van der Waals surface area contributed by atoms with Gasteiger partial charge in [-0.05, 0) is 98.7 Å². The molecule has 0 amide bonds. The van der Waals surface area contributed by atoms with Crippen molar-refractivity contribution in [1.82, 2.24) is 14.9 Å². The minimum Gasteiger partial charge on any atom is -0.465 e. The largest absolute Gasteiger partial charge is 0.465 e. The number of benzene rings is 2. The third-order valence-electron chi connectivity index (χ3n) is 7.20. The number of nitrogens with one attached hydrogen (secondary N) is 2. The zero-order chi connectivity index (χ0) is 29.5. The number of carbonyl (C=O) groups is 1. The lowest BCUT2D eigenvalue weighted by atomic mass is 9.96. The first-order valence-electron chi connectivity index (χ1n) is 12.9. The van der Waals surface area contributed by atoms with E-state index in [9.17, 15) is 13.2 Å². The van der Waals surface area contributed by atoms with Gasteiger partial charge in [0.05, 0.1) is 42.4 Å². The molecule has 212 valence electrons. The summed E-state index contributed by atoms with van der Waals surface area (Å²) >= 11 is 5.89. The van der Waals surface area contributed by atoms with Crippen molar-refractivity contribution in [2.75, 3.05) is 23.0 Å². The van der Waals surface area contributed by atoms with Crippen LogP contribution < -0.4 is 14.9 Å². The Hall–Kier alpha value is -4.22. The van der Waals surface area contributed by atoms with E-state index in [1.807, 2.05) is 69.3 Å². The van der Waals surface area contributed by atoms with Gasteiger partial charge in [0.1, 0.15) is 0 Å². The zero-order valence-electron chi connectivity index (χ0n) is 23.4. The van der Waals surface area contributed by atoms with Crippen molar-refractivity contribution in [3.05, 3.63) is 107 Å². The fourth-order valence-electron chi connectivity index (χ4n) is 5.44. The van der Waals surface area contributed by atoms with Gasteiger partial charge in [0.25, 0.3) is 0 Å². The molecule has 2 atom stereocenters. The molecule has 2 aromatic carbocycles. The lowest BCUT2D eigenvalue weighted by Crippen LogP contribution is -2.29. The molecule has 0 spiro atoms. The molecule has 5 rings (SSSR count). The van der Waals surface area contributed by atoms with Crippen LogP contribution in [0.5, 0.6) is 0 Å². The Morgan fingerprint density at radius 1 is 1.02 bits per heavy atom. The molecule has 0 bridgehead atoms. The third kappa shape index (κ3) is 5.55. The van der Waals surface area contributed by atoms with E-state index in [-0.39, 0.29) is 12.1 Å². The second-order valence-electron chi connectivity index (χ2n) is 10.1. The predicted molar refractivity (Wildman–Crippen MR) is 164 cm³/mol. The molecule has 9 nitrogen and oxygen atoms in total. The number of ether oxygens (including phenoxy) is 1. The number of esters is 1. The van der Waals surface area contributed by atoms with Crippen LogP contribution in [0.15, 0.2) is 72.9 Å². The summed E-state index contributed by atoms with van der Waals surface area (Å²) in [5.74, 6) is -0.398. The summed E-state index contributed by atoms with van der Waals surface area (Å²) in [4.78, 5) is 18.9. The van der Waals surface area contributed by atoms with E-state index in [0.717, 1.165) is 45.8 Å². The maximum absolute atomic E-state index is 12.2. The van der Waals surface area contributed by atoms with Crippen LogP contribution in [-0.2, 0) is 14.8 Å². The molecular formula is C30H31N5O4S2. The van der Waals surface area contributed by atoms with Crippen LogP contribution in [0.4, 0.5) is 11.4 Å². The first kappa shape index (κ1) is 28.3. The fourth-order valence-corrected chi connectivity index (χ4v) is 6.41. The van der Waals surface area contributed by atoms with Crippen molar-refractivity contribution in [1.29, 1.82) is 0 Å². The second-order valence-corrected chi connectivity index (χ2v) is 12.2. The fraction of sp³-hybridized carbons (Fsp3) is 0.233. The van der Waals surface area contributed by atoms with E-state index in [4.69, 9.17) is 17.0 Å². The molecule has 4 aromatic rings. The van der Waals surface area contributed by atoms with E-state index in [0.29, 0.717) is 16.4 Å². The number of pyridine rings is 1. The normalized spacial score (nSPS) is 16.9. The van der Waals surface area contributed by atoms with E-state index in [1.165, 1.54) is 7.11 Å². The summed E-state index contributed by atoms with van der Waals surface area (Å²) in [6, 6.07) is 20.3. The standard InChI is InChI=1S/C30H31N5O4S2/c1-18-15-23(12-13-25(18)33-41(5,37)38)35-28(27(32-30(35)40)26-11-6-7-14-31-26)24-16-19(2)34(20(24)3)22-10-8-9-21(17-22)29(36)39-4/h6-17,27-28,33H,1-5H3,(H,32,40)/t27-,28-/m0/s1. The summed E-state index contributed by atoms with van der Waals surface area (Å²) < 4.78 is 33.3. The molecule has 41 heavy (non-hydrogen) atoms. The third-order valence-corrected chi connectivity index (χ3v) is 8.10. The minimum atomic E-state index is -3.43. The molecule has 3 heterocycles. The Morgan fingerprint density at radius 3 is 2.46 bits per heavy atom. The maximum Gasteiger partial charge on any atom is 0.337 e. The molecular weight excluding hydrogens is 558 g/mol. The first-order valence-corrected chi connectivity index (χ1v) is 15.2. The molecule has 0 radical (unpaired) electrons. The SMILES string of the molecule is COC(=O)c1cccc(-n2c(C)cc([C@H]3[C@H](c4ccccn4)NC(=S)N3c3ccc(NS(C)(=O)=O)c(C)c3)c2C)c1. The number of aromatic nitrogens is 2. The Labute approximate surface area is 245 Å². The van der Waals surface area contributed by atoms with Crippen LogP contribution in [0.3, 0.4) is 0 Å². The van der Waals surface area contributed by atoms with Crippen LogP contribution in [0, 0.1) is 20.8 Å². The Balaban J connectivity index is 1.65. The van der Waals surface area contributed by atoms with E-state index in [1.54, 1.807) is 18.3 Å². The maximum atomic E-state index is 12.2. The van der Waals surface area contributed by atoms with Crippen molar-refractivity contribution in [3.8, 4) is 5.69 Å². The van der Waals surface area contributed by atoms with Crippen molar-refractivity contribution in [3.63, 3.8) is 0 Å². The summed E-state index contributed by atoms with van der Waals surface area (Å²) in [6.45, 7) is 5.93. The molecule has 2 N–H and O–H groups in total. The Bertz CT molecular complexity index is 1750. The van der Waals surface area contributed by atoms with Gasteiger partial charge in [0, 0.05) is 29.0 Å². The van der Waals surface area contributed by atoms with Crippen LogP contribution in [0.2, 0.25) is 0 Å². The van der Waals surface area contributed by atoms with Crippen LogP contribution in [-0.4, -0.2) is 42.4 Å². The molecule has 1 aliphatic heterocycles. The Morgan fingerprint density at radius 2 is 1.80 bits per heavy atom.